The summed E-state index contributed by atoms with van der Waals surface area (Å²) in [5.41, 5.74) is -0.271. The van der Waals surface area contributed by atoms with Gasteiger partial charge in [-0.05, 0) is 39.7 Å². The zero-order valence-corrected chi connectivity index (χ0v) is 17.1. The monoisotopic (exact) mass is 395 g/mol. The van der Waals surface area contributed by atoms with E-state index in [9.17, 15) is 19.5 Å². The number of esters is 3. The number of nitrogens with zero attached hydrogens (tertiary/aromatic N) is 1. The van der Waals surface area contributed by atoms with Gasteiger partial charge >= 0.3 is 17.9 Å². The first-order chi connectivity index (χ1) is 13.0. The molecule has 0 bridgehead atoms. The van der Waals surface area contributed by atoms with E-state index in [1.54, 1.807) is 0 Å². The molecule has 4 atom stereocenters. The van der Waals surface area contributed by atoms with Crippen molar-refractivity contribution in [2.24, 2.45) is 0 Å². The molecule has 0 aromatic carbocycles. The highest BCUT2D eigenvalue weighted by molar-refractivity contribution is 5.83. The molecule has 8 nitrogen and oxygen atoms in total. The van der Waals surface area contributed by atoms with Crippen LogP contribution in [-0.2, 0) is 28.6 Å². The topological polar surface area (TPSA) is 102 Å². The summed E-state index contributed by atoms with van der Waals surface area (Å²) in [5, 5.41) is 10.4. The van der Waals surface area contributed by atoms with Crippen molar-refractivity contribution in [3.63, 3.8) is 0 Å². The minimum Gasteiger partial charge on any atom is -0.459 e. The number of carbonyl (C=O) groups excluding carboxylic acids is 3. The van der Waals surface area contributed by atoms with Crippen LogP contribution in [0.5, 0.6) is 0 Å². The lowest BCUT2D eigenvalue weighted by Gasteiger charge is -2.28. The van der Waals surface area contributed by atoms with Crippen LogP contribution < -0.4 is 0 Å². The second-order valence-corrected chi connectivity index (χ2v) is 7.68. The minimum atomic E-state index is -1.96. The third kappa shape index (κ3) is 5.20. The highest BCUT2D eigenvalue weighted by atomic mass is 16.6. The molecule has 2 aliphatic rings. The summed E-state index contributed by atoms with van der Waals surface area (Å²) in [6.07, 6.45) is 2.75. The molecule has 1 fully saturated rings. The Balaban J connectivity index is 1.96. The quantitative estimate of drug-likeness (QED) is 0.296. The average molecular weight is 395 g/mol. The first-order valence-electron chi connectivity index (χ1n) is 9.37. The van der Waals surface area contributed by atoms with Crippen LogP contribution in [0.2, 0.25) is 0 Å². The maximum Gasteiger partial charge on any atom is 0.342 e. The maximum absolute atomic E-state index is 12.3. The molecule has 0 radical (unpaired) electrons. The number of allylic oxidation sites excluding steroid dienone is 1. The molecule has 0 aliphatic carbocycles. The number of rotatable bonds is 7. The molecule has 0 aromatic rings. The van der Waals surface area contributed by atoms with E-state index in [-0.39, 0.29) is 24.7 Å². The van der Waals surface area contributed by atoms with Crippen molar-refractivity contribution < 1.29 is 33.7 Å². The Morgan fingerprint density at radius 2 is 2.04 bits per heavy atom. The summed E-state index contributed by atoms with van der Waals surface area (Å²) < 4.78 is 15.8. The van der Waals surface area contributed by atoms with E-state index >= 15 is 0 Å². The van der Waals surface area contributed by atoms with Gasteiger partial charge in [-0.3, -0.25) is 9.69 Å². The van der Waals surface area contributed by atoms with E-state index < -0.39 is 23.6 Å². The van der Waals surface area contributed by atoms with Gasteiger partial charge in [0, 0.05) is 26.1 Å². The van der Waals surface area contributed by atoms with E-state index in [2.05, 4.69) is 4.90 Å². The molecule has 0 aromatic heterocycles. The van der Waals surface area contributed by atoms with E-state index in [1.165, 1.54) is 26.8 Å². The molecule has 28 heavy (non-hydrogen) atoms. The van der Waals surface area contributed by atoms with Crippen molar-refractivity contribution in [2.75, 3.05) is 19.7 Å². The van der Waals surface area contributed by atoms with E-state index in [0.29, 0.717) is 13.0 Å². The third-order valence-corrected chi connectivity index (χ3v) is 5.01. The Hall–Kier alpha value is -2.19. The summed E-state index contributed by atoms with van der Waals surface area (Å²) in [6, 6.07) is -0.141. The SMILES string of the molecule is CC(=O)OC(C)C(C)(O)C(=O)OCC1=CCN2CCC(OC(=O)C=C(C)C)C12. The first kappa shape index (κ1) is 22.1. The Labute approximate surface area is 165 Å². The number of carbonyl (C=O) groups is 3. The molecule has 1 N–H and O–H groups in total. The summed E-state index contributed by atoms with van der Waals surface area (Å²) in [5.74, 6) is -1.85. The first-order valence-corrected chi connectivity index (χ1v) is 9.37. The van der Waals surface area contributed by atoms with Crippen LogP contribution >= 0.6 is 0 Å². The van der Waals surface area contributed by atoms with Gasteiger partial charge < -0.3 is 19.3 Å². The van der Waals surface area contributed by atoms with Gasteiger partial charge in [0.2, 0.25) is 0 Å². The third-order valence-electron chi connectivity index (χ3n) is 5.01. The summed E-state index contributed by atoms with van der Waals surface area (Å²) in [6.45, 7) is 8.97. The van der Waals surface area contributed by atoms with Crippen molar-refractivity contribution in [2.45, 2.75) is 64.9 Å². The number of fused-ring (bicyclic) bond motifs is 1. The Morgan fingerprint density at radius 3 is 2.64 bits per heavy atom. The standard InChI is InChI=1S/C20H29NO7/c1-12(2)10-17(23)28-16-7-9-21-8-6-15(18(16)21)11-26-19(24)20(5,25)13(3)27-14(4)22/h6,10,13,16,18,25H,7-9,11H2,1-5H3. The lowest BCUT2D eigenvalue weighted by molar-refractivity contribution is -0.182. The summed E-state index contributed by atoms with van der Waals surface area (Å²) in [7, 11) is 0. The molecule has 2 aliphatic heterocycles. The molecular formula is C20H29NO7. The van der Waals surface area contributed by atoms with Gasteiger partial charge in [-0.15, -0.1) is 0 Å². The van der Waals surface area contributed by atoms with Crippen LogP contribution in [0.4, 0.5) is 0 Å². The van der Waals surface area contributed by atoms with E-state index in [1.807, 2.05) is 19.9 Å². The molecule has 0 amide bonds. The van der Waals surface area contributed by atoms with Crippen molar-refractivity contribution in [1.82, 2.24) is 4.90 Å². The zero-order chi connectivity index (χ0) is 21.1. The second kappa shape index (κ2) is 8.87. The molecule has 0 spiro atoms. The average Bonchev–Trinajstić information content (AvgIpc) is 3.14. The predicted molar refractivity (Wildman–Crippen MR) is 100 cm³/mol. The molecule has 0 saturated carbocycles. The summed E-state index contributed by atoms with van der Waals surface area (Å²) in [4.78, 5) is 37.5. The minimum absolute atomic E-state index is 0.0281. The van der Waals surface area contributed by atoms with Crippen LogP contribution in [0.15, 0.2) is 23.3 Å². The maximum atomic E-state index is 12.3. The van der Waals surface area contributed by atoms with Crippen LogP contribution in [0, 0.1) is 0 Å². The summed E-state index contributed by atoms with van der Waals surface area (Å²) >= 11 is 0. The fourth-order valence-electron chi connectivity index (χ4n) is 3.37. The lowest BCUT2D eigenvalue weighted by Crippen LogP contribution is -2.48. The van der Waals surface area contributed by atoms with E-state index in [4.69, 9.17) is 14.2 Å². The fourth-order valence-corrected chi connectivity index (χ4v) is 3.37. The molecule has 2 rings (SSSR count). The van der Waals surface area contributed by atoms with Gasteiger partial charge in [0.1, 0.15) is 18.8 Å². The smallest absolute Gasteiger partial charge is 0.342 e. The Bertz CT molecular complexity index is 691. The molecule has 1 saturated heterocycles. The van der Waals surface area contributed by atoms with Gasteiger partial charge in [-0.2, -0.15) is 0 Å². The van der Waals surface area contributed by atoms with Crippen LogP contribution in [0.3, 0.4) is 0 Å². The zero-order valence-electron chi connectivity index (χ0n) is 17.1. The van der Waals surface area contributed by atoms with Gasteiger partial charge in [0.05, 0.1) is 6.04 Å². The second-order valence-electron chi connectivity index (χ2n) is 7.68. The highest BCUT2D eigenvalue weighted by Gasteiger charge is 2.44. The number of aliphatic hydroxyl groups is 1. The number of ether oxygens (including phenoxy) is 3. The van der Waals surface area contributed by atoms with Gasteiger partial charge in [-0.1, -0.05) is 11.6 Å². The van der Waals surface area contributed by atoms with Crippen LogP contribution in [0.25, 0.3) is 0 Å². The Kier molecular flexibility index (Phi) is 7.01. The molecule has 4 unspecified atom stereocenters. The van der Waals surface area contributed by atoms with Crippen molar-refractivity contribution >= 4 is 17.9 Å². The lowest BCUT2D eigenvalue weighted by atomic mass is 10.0. The molecule has 156 valence electrons. The van der Waals surface area contributed by atoms with E-state index in [0.717, 1.165) is 17.7 Å². The number of hydrogen-bond donors (Lipinski definition) is 1. The highest BCUT2D eigenvalue weighted by Crippen LogP contribution is 2.31. The molecule has 2 heterocycles. The normalized spacial score (nSPS) is 24.4. The molecule has 8 heteroatoms. The Morgan fingerprint density at radius 1 is 1.36 bits per heavy atom. The van der Waals surface area contributed by atoms with Gasteiger partial charge in [0.25, 0.3) is 0 Å². The van der Waals surface area contributed by atoms with Crippen LogP contribution in [0.1, 0.15) is 41.0 Å². The predicted octanol–water partition coefficient (Wildman–Crippen LogP) is 1.12. The van der Waals surface area contributed by atoms with Gasteiger partial charge in [0.15, 0.2) is 5.60 Å². The van der Waals surface area contributed by atoms with Crippen molar-refractivity contribution in [1.29, 1.82) is 0 Å². The van der Waals surface area contributed by atoms with Gasteiger partial charge in [-0.25, -0.2) is 9.59 Å². The van der Waals surface area contributed by atoms with Crippen molar-refractivity contribution in [3.05, 3.63) is 23.3 Å². The fraction of sp³-hybridized carbons (Fsp3) is 0.650. The largest absolute Gasteiger partial charge is 0.459 e. The van der Waals surface area contributed by atoms with Crippen LogP contribution in [-0.4, -0.2) is 71.5 Å². The van der Waals surface area contributed by atoms with Crippen molar-refractivity contribution in [3.8, 4) is 0 Å². The number of hydrogen-bond acceptors (Lipinski definition) is 8. The molecular weight excluding hydrogens is 366 g/mol.